The zero-order valence-electron chi connectivity index (χ0n) is 14.8. The van der Waals surface area contributed by atoms with Gasteiger partial charge in [-0.15, -0.1) is 0 Å². The molecule has 6 nitrogen and oxygen atoms in total. The molecule has 1 fully saturated rings. The highest BCUT2D eigenvalue weighted by atomic mass is 16.5. The van der Waals surface area contributed by atoms with Crippen LogP contribution in [0.5, 0.6) is 5.75 Å². The third-order valence-corrected chi connectivity index (χ3v) is 4.54. The van der Waals surface area contributed by atoms with Crippen LogP contribution < -0.4 is 10.3 Å². The molecule has 1 aliphatic heterocycles. The number of hydrogen-bond donors (Lipinski definition) is 1. The Morgan fingerprint density at radius 2 is 2.20 bits per heavy atom. The standard InChI is InChI=1S/C19H25N3O3/c1-24-13-16-10-18(23)21-19(20-16)15-6-4-8-22(12-15)11-14-5-3-7-17(9-14)25-2/h3,5,7,9-10,15H,4,6,8,11-13H2,1-2H3,(H,20,21,23)/t15-/m0/s1. The van der Waals surface area contributed by atoms with E-state index in [0.717, 1.165) is 44.0 Å². The lowest BCUT2D eigenvalue weighted by atomic mass is 9.96. The van der Waals surface area contributed by atoms with Crippen LogP contribution in [0.25, 0.3) is 0 Å². The van der Waals surface area contributed by atoms with Crippen molar-refractivity contribution < 1.29 is 9.47 Å². The molecular formula is C19H25N3O3. The van der Waals surface area contributed by atoms with Crippen LogP contribution in [0.1, 0.15) is 35.8 Å². The van der Waals surface area contributed by atoms with Gasteiger partial charge >= 0.3 is 0 Å². The van der Waals surface area contributed by atoms with E-state index in [0.29, 0.717) is 12.3 Å². The molecule has 0 bridgehead atoms. The number of H-pyrrole nitrogens is 1. The molecule has 25 heavy (non-hydrogen) atoms. The monoisotopic (exact) mass is 343 g/mol. The minimum Gasteiger partial charge on any atom is -0.497 e. The lowest BCUT2D eigenvalue weighted by Gasteiger charge is -2.32. The highest BCUT2D eigenvalue weighted by Gasteiger charge is 2.23. The number of likely N-dealkylation sites (tertiary alicyclic amines) is 1. The van der Waals surface area contributed by atoms with Gasteiger partial charge in [-0.1, -0.05) is 12.1 Å². The Morgan fingerprint density at radius 3 is 3.00 bits per heavy atom. The molecular weight excluding hydrogens is 318 g/mol. The molecule has 2 aromatic rings. The molecule has 0 saturated carbocycles. The fourth-order valence-corrected chi connectivity index (χ4v) is 3.40. The van der Waals surface area contributed by atoms with Gasteiger partial charge in [0.2, 0.25) is 0 Å². The Kier molecular flexibility index (Phi) is 5.83. The number of nitrogens with one attached hydrogen (secondary N) is 1. The number of piperidine rings is 1. The third kappa shape index (κ3) is 4.67. The highest BCUT2D eigenvalue weighted by molar-refractivity contribution is 5.28. The Morgan fingerprint density at radius 1 is 1.32 bits per heavy atom. The fourth-order valence-electron chi connectivity index (χ4n) is 3.40. The van der Waals surface area contributed by atoms with Crippen molar-refractivity contribution >= 4 is 0 Å². The van der Waals surface area contributed by atoms with Crippen molar-refractivity contribution in [2.45, 2.75) is 31.9 Å². The molecule has 0 spiro atoms. The highest BCUT2D eigenvalue weighted by Crippen LogP contribution is 2.25. The molecule has 0 unspecified atom stereocenters. The lowest BCUT2D eigenvalue weighted by Crippen LogP contribution is -2.35. The van der Waals surface area contributed by atoms with Gasteiger partial charge in [-0.2, -0.15) is 0 Å². The van der Waals surface area contributed by atoms with Crippen LogP contribution in [-0.4, -0.2) is 42.2 Å². The maximum Gasteiger partial charge on any atom is 0.251 e. The predicted octanol–water partition coefficient (Wildman–Crippen LogP) is 2.30. The minimum absolute atomic E-state index is 0.109. The summed E-state index contributed by atoms with van der Waals surface area (Å²) in [5, 5.41) is 0. The average Bonchev–Trinajstić information content (AvgIpc) is 2.62. The van der Waals surface area contributed by atoms with Crippen LogP contribution in [0.4, 0.5) is 0 Å². The summed E-state index contributed by atoms with van der Waals surface area (Å²) in [5.74, 6) is 1.89. The average molecular weight is 343 g/mol. The van der Waals surface area contributed by atoms with Gasteiger partial charge in [0.1, 0.15) is 11.6 Å². The Bertz CT molecular complexity index is 760. The van der Waals surface area contributed by atoms with Gasteiger partial charge in [0.05, 0.1) is 19.4 Å². The van der Waals surface area contributed by atoms with E-state index in [2.05, 4.69) is 27.0 Å². The number of nitrogens with zero attached hydrogens (tertiary/aromatic N) is 2. The minimum atomic E-state index is -0.109. The van der Waals surface area contributed by atoms with Gasteiger partial charge in [0.25, 0.3) is 5.56 Å². The van der Waals surface area contributed by atoms with E-state index in [1.165, 1.54) is 11.6 Å². The van der Waals surface area contributed by atoms with Crippen molar-refractivity contribution in [2.24, 2.45) is 0 Å². The molecule has 0 amide bonds. The van der Waals surface area contributed by atoms with Crippen molar-refractivity contribution in [1.82, 2.24) is 14.9 Å². The SMILES string of the molecule is COCc1cc(=O)[nH]c([C@H]2CCCN(Cc3cccc(OC)c3)C2)n1. The zero-order chi connectivity index (χ0) is 17.6. The number of aromatic amines is 1. The van der Waals surface area contributed by atoms with Gasteiger partial charge in [-0.3, -0.25) is 9.69 Å². The number of aromatic nitrogens is 2. The maximum atomic E-state index is 11.9. The Hall–Kier alpha value is -2.18. The van der Waals surface area contributed by atoms with Gasteiger partial charge in [-0.05, 0) is 37.1 Å². The summed E-state index contributed by atoms with van der Waals surface area (Å²) in [5.41, 5.74) is 1.81. The summed E-state index contributed by atoms with van der Waals surface area (Å²) in [6.45, 7) is 3.17. The summed E-state index contributed by atoms with van der Waals surface area (Å²) in [6.07, 6.45) is 2.13. The normalized spacial score (nSPS) is 18.2. The smallest absolute Gasteiger partial charge is 0.251 e. The molecule has 1 aliphatic rings. The van der Waals surface area contributed by atoms with Crippen LogP contribution in [0.2, 0.25) is 0 Å². The largest absolute Gasteiger partial charge is 0.497 e. The molecule has 1 N–H and O–H groups in total. The van der Waals surface area contributed by atoms with E-state index >= 15 is 0 Å². The number of ether oxygens (including phenoxy) is 2. The van der Waals surface area contributed by atoms with E-state index in [1.807, 2.05) is 12.1 Å². The molecule has 0 aliphatic carbocycles. The maximum absolute atomic E-state index is 11.9. The molecule has 1 aromatic heterocycles. The van der Waals surface area contributed by atoms with Crippen molar-refractivity contribution in [1.29, 1.82) is 0 Å². The van der Waals surface area contributed by atoms with Crippen LogP contribution >= 0.6 is 0 Å². The molecule has 6 heteroatoms. The van der Waals surface area contributed by atoms with Crippen LogP contribution in [0.15, 0.2) is 35.1 Å². The van der Waals surface area contributed by atoms with E-state index < -0.39 is 0 Å². The molecule has 1 aromatic carbocycles. The number of methoxy groups -OCH3 is 2. The van der Waals surface area contributed by atoms with Gasteiger partial charge < -0.3 is 14.5 Å². The number of rotatable bonds is 6. The van der Waals surface area contributed by atoms with Crippen LogP contribution in [0, 0.1) is 0 Å². The number of hydrogen-bond acceptors (Lipinski definition) is 5. The molecule has 1 atom stereocenters. The summed E-state index contributed by atoms with van der Waals surface area (Å²) in [7, 11) is 3.30. The van der Waals surface area contributed by atoms with E-state index in [-0.39, 0.29) is 11.5 Å². The van der Waals surface area contributed by atoms with Crippen LogP contribution in [-0.2, 0) is 17.9 Å². The fraction of sp³-hybridized carbons (Fsp3) is 0.474. The Labute approximate surface area is 147 Å². The molecule has 1 saturated heterocycles. The van der Waals surface area contributed by atoms with Gasteiger partial charge in [0, 0.05) is 32.2 Å². The third-order valence-electron chi connectivity index (χ3n) is 4.54. The predicted molar refractivity (Wildman–Crippen MR) is 95.8 cm³/mol. The van der Waals surface area contributed by atoms with E-state index in [4.69, 9.17) is 9.47 Å². The second-order valence-electron chi connectivity index (χ2n) is 6.48. The molecule has 3 rings (SSSR count). The van der Waals surface area contributed by atoms with Gasteiger partial charge in [-0.25, -0.2) is 4.98 Å². The van der Waals surface area contributed by atoms with E-state index in [1.54, 1.807) is 14.2 Å². The summed E-state index contributed by atoms with van der Waals surface area (Å²) >= 11 is 0. The first kappa shape index (κ1) is 17.6. The summed E-state index contributed by atoms with van der Waals surface area (Å²) in [4.78, 5) is 21.8. The van der Waals surface area contributed by atoms with Gasteiger partial charge in [0.15, 0.2) is 0 Å². The molecule has 2 heterocycles. The van der Waals surface area contributed by atoms with Crippen molar-refractivity contribution in [3.63, 3.8) is 0 Å². The van der Waals surface area contributed by atoms with Crippen molar-refractivity contribution in [3.05, 3.63) is 57.8 Å². The summed E-state index contributed by atoms with van der Waals surface area (Å²) in [6, 6.07) is 9.67. The zero-order valence-corrected chi connectivity index (χ0v) is 14.8. The second kappa shape index (κ2) is 8.27. The first-order valence-corrected chi connectivity index (χ1v) is 8.62. The van der Waals surface area contributed by atoms with E-state index in [9.17, 15) is 4.79 Å². The summed E-state index contributed by atoms with van der Waals surface area (Å²) < 4.78 is 10.4. The number of benzene rings is 1. The molecule has 134 valence electrons. The second-order valence-corrected chi connectivity index (χ2v) is 6.48. The first-order chi connectivity index (χ1) is 12.2. The lowest BCUT2D eigenvalue weighted by molar-refractivity contribution is 0.178. The molecule has 0 radical (unpaired) electrons. The quantitative estimate of drug-likeness (QED) is 0.872. The van der Waals surface area contributed by atoms with Crippen molar-refractivity contribution in [2.75, 3.05) is 27.3 Å². The first-order valence-electron chi connectivity index (χ1n) is 8.62. The topological polar surface area (TPSA) is 67.5 Å². The van der Waals surface area contributed by atoms with Crippen LogP contribution in [0.3, 0.4) is 0 Å². The van der Waals surface area contributed by atoms with Crippen molar-refractivity contribution in [3.8, 4) is 5.75 Å². The Balaban J connectivity index is 1.71.